The van der Waals surface area contributed by atoms with E-state index in [0.717, 1.165) is 49.1 Å². The monoisotopic (exact) mass is 480 g/mol. The zero-order valence-corrected chi connectivity index (χ0v) is 21.0. The minimum absolute atomic E-state index is 0.268. The van der Waals surface area contributed by atoms with Crippen LogP contribution in [0.5, 0.6) is 5.75 Å². The van der Waals surface area contributed by atoms with E-state index in [9.17, 15) is 14.7 Å². The average Bonchev–Trinajstić information content (AvgIpc) is 3.19. The Labute approximate surface area is 207 Å². The van der Waals surface area contributed by atoms with Crippen molar-refractivity contribution in [2.75, 3.05) is 13.2 Å². The topological polar surface area (TPSA) is 92.9 Å². The molecule has 0 radical (unpaired) electrons. The summed E-state index contributed by atoms with van der Waals surface area (Å²) < 4.78 is 11.6. The number of carbonyl (C=O) groups excluding carboxylic acids is 1. The van der Waals surface area contributed by atoms with Crippen molar-refractivity contribution in [2.24, 2.45) is 0 Å². The molecule has 188 valence electrons. The summed E-state index contributed by atoms with van der Waals surface area (Å²) >= 11 is 0. The number of amides is 1. The molecule has 0 bridgehead atoms. The van der Waals surface area contributed by atoms with Crippen molar-refractivity contribution in [3.63, 3.8) is 0 Å². The first kappa shape index (κ1) is 26.3. The molecular weight excluding hydrogens is 444 g/mol. The Morgan fingerprint density at radius 1 is 1.23 bits per heavy atom. The van der Waals surface area contributed by atoms with Crippen molar-refractivity contribution in [1.82, 2.24) is 9.88 Å². The average molecular weight is 481 g/mol. The van der Waals surface area contributed by atoms with Gasteiger partial charge in [-0.15, -0.1) is 0 Å². The number of nitrogens with zero attached hydrogens (tertiary/aromatic N) is 2. The number of rotatable bonds is 12. The number of aryl methyl sites for hydroxylation is 1. The maximum atomic E-state index is 12.7. The summed E-state index contributed by atoms with van der Waals surface area (Å²) in [6.45, 7) is 6.85. The second kappa shape index (κ2) is 12.9. The Kier molecular flexibility index (Phi) is 9.70. The smallest absolute Gasteiger partial charge is 0.331 e. The van der Waals surface area contributed by atoms with E-state index in [2.05, 4.69) is 18.8 Å². The SMILES string of the molecule is CCCC=Cc1nc(CCOc2ccc3c(c2)C(C(=O)O)N(C(=O)C=CCCCC)CC3)c(C)o1. The Morgan fingerprint density at radius 2 is 2.06 bits per heavy atom. The highest BCUT2D eigenvalue weighted by molar-refractivity contribution is 5.92. The van der Waals surface area contributed by atoms with Gasteiger partial charge >= 0.3 is 5.97 Å². The number of allylic oxidation sites excluding steroid dienone is 2. The molecule has 1 amide bonds. The standard InChI is InChI=1S/C28H36N2O5/c1-4-6-8-10-12-26(31)30-17-15-21-13-14-22(19-23(21)27(30)28(32)33)34-18-16-24-20(3)35-25(29-24)11-9-7-5-2/h9-14,19,27H,4-8,15-18H2,1-3H3,(H,32,33). The number of carboxylic acids is 1. The van der Waals surface area contributed by atoms with Gasteiger partial charge in [0.1, 0.15) is 11.5 Å². The predicted molar refractivity (Wildman–Crippen MR) is 135 cm³/mol. The number of aromatic nitrogens is 1. The molecule has 0 fully saturated rings. The van der Waals surface area contributed by atoms with Gasteiger partial charge in [-0.3, -0.25) is 4.79 Å². The highest BCUT2D eigenvalue weighted by atomic mass is 16.5. The summed E-state index contributed by atoms with van der Waals surface area (Å²) in [7, 11) is 0. The fraction of sp³-hybridized carbons (Fsp3) is 0.464. The fourth-order valence-electron chi connectivity index (χ4n) is 4.16. The number of unbranched alkanes of at least 4 members (excludes halogenated alkanes) is 3. The van der Waals surface area contributed by atoms with E-state index in [0.29, 0.717) is 43.2 Å². The second-order valence-electron chi connectivity index (χ2n) is 8.77. The third-order valence-corrected chi connectivity index (χ3v) is 6.08. The van der Waals surface area contributed by atoms with Crippen molar-refractivity contribution < 1.29 is 23.8 Å². The molecule has 7 nitrogen and oxygen atoms in total. The first-order valence-corrected chi connectivity index (χ1v) is 12.5. The van der Waals surface area contributed by atoms with Gasteiger partial charge in [0.05, 0.1) is 12.3 Å². The van der Waals surface area contributed by atoms with Crippen LogP contribution < -0.4 is 4.74 Å². The third kappa shape index (κ3) is 7.07. The minimum Gasteiger partial charge on any atom is -0.493 e. The summed E-state index contributed by atoms with van der Waals surface area (Å²) in [5.74, 6) is 0.628. The van der Waals surface area contributed by atoms with E-state index in [1.54, 1.807) is 6.07 Å². The molecule has 2 aromatic rings. The van der Waals surface area contributed by atoms with Crippen LogP contribution in [0.2, 0.25) is 0 Å². The Bertz CT molecular complexity index is 1070. The van der Waals surface area contributed by atoms with Crippen LogP contribution in [-0.2, 0) is 22.4 Å². The van der Waals surface area contributed by atoms with E-state index < -0.39 is 12.0 Å². The highest BCUT2D eigenvalue weighted by Crippen LogP contribution is 2.33. The number of carbonyl (C=O) groups is 2. The van der Waals surface area contributed by atoms with E-state index in [4.69, 9.17) is 9.15 Å². The summed E-state index contributed by atoms with van der Waals surface area (Å²) in [5.41, 5.74) is 2.38. The molecule has 3 rings (SSSR count). The van der Waals surface area contributed by atoms with Gasteiger partial charge in [-0.1, -0.05) is 51.3 Å². The maximum absolute atomic E-state index is 12.7. The van der Waals surface area contributed by atoms with Gasteiger partial charge in [-0.2, -0.15) is 0 Å². The number of ether oxygens (including phenoxy) is 1. The predicted octanol–water partition coefficient (Wildman–Crippen LogP) is 5.67. The molecule has 1 aromatic heterocycles. The number of fused-ring (bicyclic) bond motifs is 1. The summed E-state index contributed by atoms with van der Waals surface area (Å²) in [4.78, 5) is 30.9. The Hall–Kier alpha value is -3.35. The summed E-state index contributed by atoms with van der Waals surface area (Å²) in [5, 5.41) is 9.96. The molecule has 2 heterocycles. The quantitative estimate of drug-likeness (QED) is 0.311. The van der Waals surface area contributed by atoms with Crippen molar-refractivity contribution in [1.29, 1.82) is 0 Å². The number of hydrogen-bond donors (Lipinski definition) is 1. The molecule has 1 aromatic carbocycles. The molecule has 1 aliphatic heterocycles. The Morgan fingerprint density at radius 3 is 2.80 bits per heavy atom. The lowest BCUT2D eigenvalue weighted by Crippen LogP contribution is -2.42. The first-order valence-electron chi connectivity index (χ1n) is 12.5. The van der Waals surface area contributed by atoms with Crippen molar-refractivity contribution >= 4 is 18.0 Å². The second-order valence-corrected chi connectivity index (χ2v) is 8.77. The molecule has 0 aliphatic carbocycles. The van der Waals surface area contributed by atoms with Gasteiger partial charge in [0.25, 0.3) is 0 Å². The first-order chi connectivity index (χ1) is 16.9. The normalized spacial score (nSPS) is 15.6. The van der Waals surface area contributed by atoms with Gasteiger partial charge in [-0.25, -0.2) is 9.78 Å². The number of benzene rings is 1. The third-order valence-electron chi connectivity index (χ3n) is 6.08. The lowest BCUT2D eigenvalue weighted by Gasteiger charge is -2.34. The van der Waals surface area contributed by atoms with E-state index >= 15 is 0 Å². The summed E-state index contributed by atoms with van der Waals surface area (Å²) in [6, 6.07) is 4.48. The lowest BCUT2D eigenvalue weighted by molar-refractivity contribution is -0.149. The van der Waals surface area contributed by atoms with Gasteiger partial charge in [0.2, 0.25) is 11.8 Å². The lowest BCUT2D eigenvalue weighted by atomic mass is 9.92. The van der Waals surface area contributed by atoms with Crippen LogP contribution in [-0.4, -0.2) is 40.0 Å². The maximum Gasteiger partial charge on any atom is 0.331 e. The van der Waals surface area contributed by atoms with E-state index in [1.807, 2.05) is 37.3 Å². The fourth-order valence-corrected chi connectivity index (χ4v) is 4.16. The molecule has 1 atom stereocenters. The Balaban J connectivity index is 1.67. The molecule has 7 heteroatoms. The number of aliphatic carboxylic acids is 1. The van der Waals surface area contributed by atoms with Crippen molar-refractivity contribution in [3.05, 3.63) is 64.9 Å². The van der Waals surface area contributed by atoms with Crippen molar-refractivity contribution in [3.8, 4) is 5.75 Å². The molecule has 0 saturated heterocycles. The van der Waals surface area contributed by atoms with Crippen molar-refractivity contribution in [2.45, 2.75) is 71.8 Å². The van der Waals surface area contributed by atoms with Crippen LogP contribution in [0.3, 0.4) is 0 Å². The number of carboxylic acid groups (broad SMARTS) is 1. The van der Waals surface area contributed by atoms with Gasteiger partial charge < -0.3 is 19.2 Å². The molecule has 0 saturated carbocycles. The van der Waals surface area contributed by atoms with Gasteiger partial charge in [0.15, 0.2) is 6.04 Å². The zero-order chi connectivity index (χ0) is 25.2. The number of hydrogen-bond acceptors (Lipinski definition) is 5. The minimum atomic E-state index is -1.04. The molecule has 1 unspecified atom stereocenters. The van der Waals surface area contributed by atoms with Gasteiger partial charge in [0, 0.05) is 13.0 Å². The highest BCUT2D eigenvalue weighted by Gasteiger charge is 2.35. The van der Waals surface area contributed by atoms with E-state index in [1.165, 1.54) is 11.0 Å². The van der Waals surface area contributed by atoms with Crippen LogP contribution >= 0.6 is 0 Å². The number of oxazole rings is 1. The molecule has 0 spiro atoms. The van der Waals surface area contributed by atoms with E-state index in [-0.39, 0.29) is 5.91 Å². The molecule has 35 heavy (non-hydrogen) atoms. The van der Waals surface area contributed by atoms with Crippen LogP contribution in [0.1, 0.15) is 80.5 Å². The van der Waals surface area contributed by atoms with Crippen LogP contribution in [0.25, 0.3) is 6.08 Å². The summed E-state index contributed by atoms with van der Waals surface area (Å²) in [6.07, 6.45) is 13.4. The zero-order valence-electron chi connectivity index (χ0n) is 21.0. The molecule has 1 N–H and O–H groups in total. The largest absolute Gasteiger partial charge is 0.493 e. The molecule has 1 aliphatic rings. The van der Waals surface area contributed by atoms with Crippen LogP contribution in [0, 0.1) is 6.92 Å². The van der Waals surface area contributed by atoms with Crippen LogP contribution in [0.4, 0.5) is 0 Å². The molecular formula is C28H36N2O5. The van der Waals surface area contributed by atoms with Gasteiger partial charge in [-0.05, 0) is 61.6 Å². The van der Waals surface area contributed by atoms with Crippen LogP contribution in [0.15, 0.2) is 40.8 Å².